The topological polar surface area (TPSA) is 105 Å². The summed E-state index contributed by atoms with van der Waals surface area (Å²) in [5.41, 5.74) is 6.80. The highest BCUT2D eigenvalue weighted by Crippen LogP contribution is 2.57. The summed E-state index contributed by atoms with van der Waals surface area (Å²) < 4.78 is 0. The third kappa shape index (κ3) is 4.71. The zero-order chi connectivity index (χ0) is 32.8. The fraction of sp³-hybridized carbons (Fsp3) is 0.611. The highest BCUT2D eigenvalue weighted by atomic mass is 16.3. The molecule has 240 valence electrons. The van der Waals surface area contributed by atoms with Gasteiger partial charge in [0.25, 0.3) is 0 Å². The van der Waals surface area contributed by atoms with E-state index in [2.05, 4.69) is 102 Å². The number of hydrogen-bond donors (Lipinski definition) is 4. The Hall–Kier alpha value is -3.10. The van der Waals surface area contributed by atoms with E-state index in [1.807, 2.05) is 12.1 Å². The molecular formula is C36H52N4O4. The number of fused-ring (bicyclic) bond motifs is 2. The Labute approximate surface area is 263 Å². The lowest BCUT2D eigenvalue weighted by atomic mass is 9.61. The molecule has 8 heteroatoms. The van der Waals surface area contributed by atoms with Crippen LogP contribution in [0, 0.1) is 0 Å². The van der Waals surface area contributed by atoms with Gasteiger partial charge in [-0.25, -0.2) is 0 Å². The first kappa shape index (κ1) is 32.3. The van der Waals surface area contributed by atoms with Gasteiger partial charge >= 0.3 is 0 Å². The number of amides is 2. The van der Waals surface area contributed by atoms with Gasteiger partial charge in [0.05, 0.1) is 12.2 Å². The minimum Gasteiger partial charge on any atom is -0.392 e. The number of anilines is 4. The van der Waals surface area contributed by atoms with Gasteiger partial charge in [-0.3, -0.25) is 9.59 Å². The van der Waals surface area contributed by atoms with Crippen molar-refractivity contribution in [1.29, 1.82) is 0 Å². The monoisotopic (exact) mass is 604 g/mol. The Kier molecular flexibility index (Phi) is 7.90. The first-order chi connectivity index (χ1) is 20.3. The van der Waals surface area contributed by atoms with Gasteiger partial charge in [0.15, 0.2) is 0 Å². The van der Waals surface area contributed by atoms with Crippen molar-refractivity contribution in [3.8, 4) is 0 Å². The van der Waals surface area contributed by atoms with E-state index in [1.165, 1.54) is 13.8 Å². The fourth-order valence-electron chi connectivity index (χ4n) is 8.27. The number of nitrogens with one attached hydrogen (secondary N) is 2. The molecule has 0 bridgehead atoms. The molecule has 5 rings (SSSR count). The van der Waals surface area contributed by atoms with Gasteiger partial charge in [-0.2, -0.15) is 0 Å². The van der Waals surface area contributed by atoms with Crippen LogP contribution >= 0.6 is 0 Å². The molecule has 2 unspecified atom stereocenters. The zero-order valence-corrected chi connectivity index (χ0v) is 28.5. The van der Waals surface area contributed by atoms with Crippen molar-refractivity contribution < 1.29 is 19.8 Å². The standard InChI is InChI=1S/C36H52N4O4/c1-17(2)39-19(5)35(9,10)25-13-23(27(15-29(25)39)37-21(7)41)31-33(43)32(34(31)44)24-14-26-30(16-28(24)38-22(8)42)40(18(3)4)20(6)36(26,11)12/h13-20,31-34,43-44H,1-12H3,(H,37,41)(H,38,42). The second kappa shape index (κ2) is 10.8. The average Bonchev–Trinajstić information content (AvgIpc) is 3.21. The summed E-state index contributed by atoms with van der Waals surface area (Å²) in [7, 11) is 0. The Morgan fingerprint density at radius 2 is 1.00 bits per heavy atom. The number of hydrogen-bond acceptors (Lipinski definition) is 6. The van der Waals surface area contributed by atoms with Crippen LogP contribution in [-0.2, 0) is 20.4 Å². The zero-order valence-electron chi connectivity index (χ0n) is 28.5. The number of aliphatic hydroxyl groups is 2. The Bertz CT molecular complexity index is 1380. The van der Waals surface area contributed by atoms with Gasteiger partial charge in [0.1, 0.15) is 0 Å². The maximum Gasteiger partial charge on any atom is 0.221 e. The first-order valence-electron chi connectivity index (χ1n) is 16.2. The summed E-state index contributed by atoms with van der Waals surface area (Å²) in [6.45, 7) is 25.0. The summed E-state index contributed by atoms with van der Waals surface area (Å²) in [4.78, 5) is 29.5. The molecule has 1 fully saturated rings. The summed E-state index contributed by atoms with van der Waals surface area (Å²) in [6.07, 6.45) is -1.85. The van der Waals surface area contributed by atoms with Crippen LogP contribution in [0.2, 0.25) is 0 Å². The van der Waals surface area contributed by atoms with Crippen molar-refractivity contribution in [2.75, 3.05) is 20.4 Å². The quantitative estimate of drug-likeness (QED) is 0.323. The predicted octanol–water partition coefficient (Wildman–Crippen LogP) is 6.00. The molecule has 2 aromatic rings. The lowest BCUT2D eigenvalue weighted by molar-refractivity contribution is -0.115. The smallest absolute Gasteiger partial charge is 0.221 e. The highest BCUT2D eigenvalue weighted by molar-refractivity contribution is 5.92. The minimum atomic E-state index is -0.924. The van der Waals surface area contributed by atoms with Crippen molar-refractivity contribution in [2.24, 2.45) is 0 Å². The van der Waals surface area contributed by atoms with Gasteiger partial charge in [0, 0.05) is 83.4 Å². The number of rotatable bonds is 6. The third-order valence-corrected chi connectivity index (χ3v) is 11.1. The van der Waals surface area contributed by atoms with Crippen LogP contribution in [0.15, 0.2) is 24.3 Å². The summed E-state index contributed by atoms with van der Waals surface area (Å²) >= 11 is 0. The molecule has 1 saturated carbocycles. The maximum atomic E-state index is 12.4. The van der Waals surface area contributed by atoms with Gasteiger partial charge in [-0.05, 0) is 75.9 Å². The van der Waals surface area contributed by atoms with E-state index in [-0.39, 0.29) is 46.8 Å². The molecule has 8 nitrogen and oxygen atoms in total. The SMILES string of the molecule is CC(=O)Nc1cc2c(cc1C1C(O)C(c3cc4c(cc3NC(C)=O)N(C(C)C)C(C)C4(C)C)C1O)C(C)(C)C(C)N2C(C)C. The van der Waals surface area contributed by atoms with E-state index in [0.29, 0.717) is 11.4 Å². The van der Waals surface area contributed by atoms with E-state index < -0.39 is 24.0 Å². The first-order valence-corrected chi connectivity index (χ1v) is 16.2. The third-order valence-electron chi connectivity index (χ3n) is 11.1. The maximum absolute atomic E-state index is 12.4. The molecule has 3 aliphatic rings. The molecule has 2 atom stereocenters. The largest absolute Gasteiger partial charge is 0.392 e. The molecule has 2 aromatic carbocycles. The molecule has 4 N–H and O–H groups in total. The van der Waals surface area contributed by atoms with E-state index in [9.17, 15) is 19.8 Å². The average molecular weight is 605 g/mol. The number of aliphatic hydroxyl groups excluding tert-OH is 2. The Balaban J connectivity index is 1.62. The molecule has 2 amide bonds. The van der Waals surface area contributed by atoms with Gasteiger partial charge < -0.3 is 30.6 Å². The van der Waals surface area contributed by atoms with E-state index in [0.717, 1.165) is 33.6 Å². The molecule has 0 radical (unpaired) electrons. The molecule has 2 heterocycles. The molecule has 1 aliphatic carbocycles. The van der Waals surface area contributed by atoms with E-state index in [4.69, 9.17) is 0 Å². The van der Waals surface area contributed by atoms with Crippen LogP contribution in [0.5, 0.6) is 0 Å². The second-order valence-electron chi connectivity index (χ2n) is 15.1. The van der Waals surface area contributed by atoms with Crippen LogP contribution in [-0.4, -0.2) is 58.4 Å². The fourth-order valence-corrected chi connectivity index (χ4v) is 8.27. The van der Waals surface area contributed by atoms with Gasteiger partial charge in [0.2, 0.25) is 11.8 Å². The van der Waals surface area contributed by atoms with Crippen LogP contribution in [0.1, 0.15) is 117 Å². The van der Waals surface area contributed by atoms with Crippen molar-refractivity contribution in [1.82, 2.24) is 0 Å². The van der Waals surface area contributed by atoms with E-state index >= 15 is 0 Å². The normalized spacial score (nSPS) is 28.2. The number of carbonyl (C=O) groups is 2. The number of benzene rings is 2. The van der Waals surface area contributed by atoms with Crippen LogP contribution < -0.4 is 20.4 Å². The molecular weight excluding hydrogens is 552 g/mol. The number of nitrogens with zero attached hydrogens (tertiary/aromatic N) is 2. The van der Waals surface area contributed by atoms with Crippen molar-refractivity contribution >= 4 is 34.6 Å². The lowest BCUT2D eigenvalue weighted by Crippen LogP contribution is -2.52. The van der Waals surface area contributed by atoms with Gasteiger partial charge in [-0.15, -0.1) is 0 Å². The number of carbonyl (C=O) groups excluding carboxylic acids is 2. The summed E-state index contributed by atoms with van der Waals surface area (Å²) in [5, 5.41) is 29.8. The molecule has 2 aliphatic heterocycles. The van der Waals surface area contributed by atoms with Crippen LogP contribution in [0.4, 0.5) is 22.7 Å². The van der Waals surface area contributed by atoms with E-state index in [1.54, 1.807) is 0 Å². The Morgan fingerprint density at radius 1 is 0.682 bits per heavy atom. The molecule has 0 spiro atoms. The van der Waals surface area contributed by atoms with Crippen LogP contribution in [0.25, 0.3) is 0 Å². The lowest BCUT2D eigenvalue weighted by Gasteiger charge is -2.48. The second-order valence-corrected chi connectivity index (χ2v) is 15.1. The van der Waals surface area contributed by atoms with Gasteiger partial charge in [-0.1, -0.05) is 39.8 Å². The molecule has 0 aromatic heterocycles. The Morgan fingerprint density at radius 3 is 1.27 bits per heavy atom. The minimum absolute atomic E-state index is 0.175. The molecule has 0 saturated heterocycles. The summed E-state index contributed by atoms with van der Waals surface area (Å²) in [5.74, 6) is -1.62. The van der Waals surface area contributed by atoms with Crippen LogP contribution in [0.3, 0.4) is 0 Å². The van der Waals surface area contributed by atoms with Crippen molar-refractivity contribution in [3.63, 3.8) is 0 Å². The molecule has 44 heavy (non-hydrogen) atoms. The van der Waals surface area contributed by atoms with Crippen molar-refractivity contribution in [3.05, 3.63) is 46.5 Å². The summed E-state index contributed by atoms with van der Waals surface area (Å²) in [6, 6.07) is 9.20. The highest BCUT2D eigenvalue weighted by Gasteiger charge is 2.54. The van der Waals surface area contributed by atoms with Crippen molar-refractivity contribution in [2.45, 2.75) is 142 Å². The predicted molar refractivity (Wildman–Crippen MR) is 179 cm³/mol.